The topological polar surface area (TPSA) is 40.5 Å². The van der Waals surface area contributed by atoms with Crippen LogP contribution in [0.5, 0.6) is 0 Å². The Morgan fingerprint density at radius 3 is 1.52 bits per heavy atom. The van der Waals surface area contributed by atoms with Gasteiger partial charge in [0.15, 0.2) is 0 Å². The summed E-state index contributed by atoms with van der Waals surface area (Å²) in [5.74, 6) is 0. The zero-order valence-electron chi connectivity index (χ0n) is 12.6. The molecule has 0 saturated carbocycles. The molecule has 0 aromatic heterocycles. The summed E-state index contributed by atoms with van der Waals surface area (Å²) in [5.41, 5.74) is 4.63. The minimum Gasteiger partial charge on any atom is -0.393 e. The average Bonchev–Trinajstić information content (AvgIpc) is 2.70. The van der Waals surface area contributed by atoms with E-state index in [1.54, 1.807) is 0 Å². The van der Waals surface area contributed by atoms with E-state index in [4.69, 9.17) is 0 Å². The summed E-state index contributed by atoms with van der Waals surface area (Å²) in [6.07, 6.45) is 0.434. The number of benzene rings is 2. The summed E-state index contributed by atoms with van der Waals surface area (Å²) in [6.45, 7) is 3.65. The smallest absolute Gasteiger partial charge is 0.0523 e. The Hall–Kier alpha value is -1.64. The van der Waals surface area contributed by atoms with Gasteiger partial charge in [0.25, 0.3) is 0 Å². The molecule has 2 aromatic rings. The second kappa shape index (κ2) is 5.28. The van der Waals surface area contributed by atoms with Crippen LogP contribution in [0.2, 0.25) is 0 Å². The molecule has 2 N–H and O–H groups in total. The third-order valence-electron chi connectivity index (χ3n) is 4.46. The Balaban J connectivity index is 2.26. The molecule has 0 fully saturated rings. The van der Waals surface area contributed by atoms with E-state index in [1.807, 2.05) is 26.0 Å². The van der Waals surface area contributed by atoms with Gasteiger partial charge >= 0.3 is 0 Å². The standard InChI is InChI=1S/C19H22O2/c1-13(20)11-19(12-14(2)21)17-9-5-3-7-15(17)16-8-4-6-10-18(16)19/h3-10,13-14,20-21H,11-12H2,1-2H3. The minimum atomic E-state index is -0.414. The van der Waals surface area contributed by atoms with Crippen molar-refractivity contribution in [3.63, 3.8) is 0 Å². The summed E-state index contributed by atoms with van der Waals surface area (Å²) in [4.78, 5) is 0. The normalized spacial score (nSPS) is 17.9. The molecule has 0 amide bonds. The molecular formula is C19H22O2. The van der Waals surface area contributed by atoms with Gasteiger partial charge in [0.1, 0.15) is 0 Å². The SMILES string of the molecule is CC(O)CC1(CC(C)O)c2ccccc2-c2ccccc21. The molecule has 1 aliphatic rings. The third-order valence-corrected chi connectivity index (χ3v) is 4.46. The quantitative estimate of drug-likeness (QED) is 0.901. The first kappa shape index (κ1) is 14.3. The number of fused-ring (bicyclic) bond motifs is 3. The van der Waals surface area contributed by atoms with Gasteiger partial charge in [-0.25, -0.2) is 0 Å². The van der Waals surface area contributed by atoms with Crippen LogP contribution in [0.1, 0.15) is 37.8 Å². The van der Waals surface area contributed by atoms with Crippen LogP contribution >= 0.6 is 0 Å². The molecule has 0 heterocycles. The van der Waals surface area contributed by atoms with E-state index < -0.39 is 12.2 Å². The Morgan fingerprint density at radius 2 is 1.14 bits per heavy atom. The maximum absolute atomic E-state index is 10.1. The predicted octanol–water partition coefficient (Wildman–Crippen LogP) is 3.49. The lowest BCUT2D eigenvalue weighted by molar-refractivity contribution is 0.117. The number of aliphatic hydroxyl groups excluding tert-OH is 2. The fourth-order valence-electron chi connectivity index (χ4n) is 3.95. The highest BCUT2D eigenvalue weighted by atomic mass is 16.3. The Bertz CT molecular complexity index is 586. The lowest BCUT2D eigenvalue weighted by Crippen LogP contribution is -2.33. The number of aliphatic hydroxyl groups is 2. The first-order chi connectivity index (χ1) is 10.0. The molecule has 110 valence electrons. The highest BCUT2D eigenvalue weighted by Gasteiger charge is 2.44. The van der Waals surface area contributed by atoms with Crippen molar-refractivity contribution in [2.75, 3.05) is 0 Å². The average molecular weight is 282 g/mol. The van der Waals surface area contributed by atoms with Gasteiger partial charge in [-0.3, -0.25) is 0 Å². The maximum atomic E-state index is 10.1. The molecule has 21 heavy (non-hydrogen) atoms. The molecule has 0 saturated heterocycles. The third kappa shape index (κ3) is 2.29. The van der Waals surface area contributed by atoms with Crippen molar-refractivity contribution >= 4 is 0 Å². The zero-order valence-corrected chi connectivity index (χ0v) is 12.6. The van der Waals surface area contributed by atoms with Gasteiger partial charge in [-0.15, -0.1) is 0 Å². The molecule has 3 rings (SSSR count). The molecule has 0 spiro atoms. The minimum absolute atomic E-state index is 0.296. The van der Waals surface area contributed by atoms with Crippen molar-refractivity contribution in [1.29, 1.82) is 0 Å². The molecule has 0 radical (unpaired) electrons. The lowest BCUT2D eigenvalue weighted by atomic mass is 9.70. The van der Waals surface area contributed by atoms with E-state index >= 15 is 0 Å². The summed E-state index contributed by atoms with van der Waals surface area (Å²) in [7, 11) is 0. The first-order valence-corrected chi connectivity index (χ1v) is 7.60. The Kier molecular flexibility index (Phi) is 3.60. The Labute approximate surface area is 126 Å². The van der Waals surface area contributed by atoms with Crippen molar-refractivity contribution in [2.24, 2.45) is 0 Å². The van der Waals surface area contributed by atoms with Crippen LogP contribution in [-0.2, 0) is 5.41 Å². The first-order valence-electron chi connectivity index (χ1n) is 7.60. The van der Waals surface area contributed by atoms with Gasteiger partial charge in [0, 0.05) is 5.41 Å². The van der Waals surface area contributed by atoms with Crippen LogP contribution in [0, 0.1) is 0 Å². The summed E-state index contributed by atoms with van der Waals surface area (Å²) in [5, 5.41) is 20.1. The zero-order chi connectivity index (χ0) is 15.0. The van der Waals surface area contributed by atoms with Crippen molar-refractivity contribution in [3.8, 4) is 11.1 Å². The van der Waals surface area contributed by atoms with E-state index in [1.165, 1.54) is 22.3 Å². The molecule has 0 aliphatic heterocycles. The monoisotopic (exact) mass is 282 g/mol. The molecule has 2 nitrogen and oxygen atoms in total. The van der Waals surface area contributed by atoms with Crippen LogP contribution in [0.3, 0.4) is 0 Å². The lowest BCUT2D eigenvalue weighted by Gasteiger charge is -2.34. The largest absolute Gasteiger partial charge is 0.393 e. The van der Waals surface area contributed by atoms with E-state index in [0.29, 0.717) is 12.8 Å². The van der Waals surface area contributed by atoms with Crippen LogP contribution in [0.25, 0.3) is 11.1 Å². The van der Waals surface area contributed by atoms with Crippen molar-refractivity contribution in [1.82, 2.24) is 0 Å². The summed E-state index contributed by atoms with van der Waals surface area (Å²) >= 11 is 0. The molecule has 2 unspecified atom stereocenters. The van der Waals surface area contributed by atoms with Crippen LogP contribution in [0.15, 0.2) is 48.5 Å². The maximum Gasteiger partial charge on any atom is 0.0523 e. The van der Waals surface area contributed by atoms with Crippen LogP contribution < -0.4 is 0 Å². The second-order valence-electron chi connectivity index (χ2n) is 6.28. The number of hydrogen-bond donors (Lipinski definition) is 2. The molecule has 2 atom stereocenters. The molecule has 1 aliphatic carbocycles. The van der Waals surface area contributed by atoms with Crippen molar-refractivity contribution in [2.45, 2.75) is 44.3 Å². The van der Waals surface area contributed by atoms with Gasteiger partial charge < -0.3 is 10.2 Å². The van der Waals surface area contributed by atoms with Gasteiger partial charge in [0.05, 0.1) is 12.2 Å². The number of hydrogen-bond acceptors (Lipinski definition) is 2. The molecule has 0 bridgehead atoms. The fourth-order valence-corrected chi connectivity index (χ4v) is 3.95. The van der Waals surface area contributed by atoms with Gasteiger partial charge in [0.2, 0.25) is 0 Å². The molecule has 2 aromatic carbocycles. The Morgan fingerprint density at radius 1 is 0.762 bits per heavy atom. The summed E-state index contributed by atoms with van der Waals surface area (Å²) in [6, 6.07) is 16.8. The second-order valence-corrected chi connectivity index (χ2v) is 6.28. The number of rotatable bonds is 4. The van der Waals surface area contributed by atoms with Gasteiger partial charge in [-0.1, -0.05) is 48.5 Å². The van der Waals surface area contributed by atoms with Gasteiger partial charge in [-0.2, -0.15) is 0 Å². The van der Waals surface area contributed by atoms with Gasteiger partial charge in [-0.05, 0) is 48.9 Å². The van der Waals surface area contributed by atoms with Crippen LogP contribution in [-0.4, -0.2) is 22.4 Å². The highest BCUT2D eigenvalue weighted by molar-refractivity contribution is 5.81. The predicted molar refractivity (Wildman–Crippen MR) is 85.3 cm³/mol. The van der Waals surface area contributed by atoms with E-state index in [9.17, 15) is 10.2 Å². The molecule has 2 heteroatoms. The van der Waals surface area contributed by atoms with E-state index in [-0.39, 0.29) is 5.41 Å². The van der Waals surface area contributed by atoms with E-state index in [2.05, 4.69) is 36.4 Å². The highest BCUT2D eigenvalue weighted by Crippen LogP contribution is 2.53. The summed E-state index contributed by atoms with van der Waals surface area (Å²) < 4.78 is 0. The van der Waals surface area contributed by atoms with Crippen molar-refractivity contribution in [3.05, 3.63) is 59.7 Å². The fraction of sp³-hybridized carbons (Fsp3) is 0.368. The van der Waals surface area contributed by atoms with E-state index in [0.717, 1.165) is 0 Å². The molecular weight excluding hydrogens is 260 g/mol. The van der Waals surface area contributed by atoms with Crippen LogP contribution in [0.4, 0.5) is 0 Å². The van der Waals surface area contributed by atoms with Crippen molar-refractivity contribution < 1.29 is 10.2 Å².